The molecule has 9 heteroatoms. The van der Waals surface area contributed by atoms with E-state index in [1.54, 1.807) is 0 Å². The fraction of sp³-hybridized carbons (Fsp3) is 0.333. The second-order valence-corrected chi connectivity index (χ2v) is 7.79. The summed E-state index contributed by atoms with van der Waals surface area (Å²) in [7, 11) is 0. The predicted octanol–water partition coefficient (Wildman–Crippen LogP) is 1.18. The second kappa shape index (κ2) is 8.21. The summed E-state index contributed by atoms with van der Waals surface area (Å²) in [5.74, 6) is 0.445. The van der Waals surface area contributed by atoms with Crippen LogP contribution in [0.1, 0.15) is 22.3 Å². The zero-order valence-corrected chi connectivity index (χ0v) is 16.8. The Morgan fingerprint density at radius 3 is 2.73 bits per heavy atom. The molecule has 0 saturated carbocycles. The molecule has 30 heavy (non-hydrogen) atoms. The van der Waals surface area contributed by atoms with E-state index < -0.39 is 0 Å². The second-order valence-electron chi connectivity index (χ2n) is 7.79. The highest BCUT2D eigenvalue weighted by Crippen LogP contribution is 2.19. The summed E-state index contributed by atoms with van der Waals surface area (Å²) < 4.78 is 1.98. The fourth-order valence-corrected chi connectivity index (χ4v) is 4.01. The van der Waals surface area contributed by atoms with Crippen molar-refractivity contribution in [1.29, 1.82) is 0 Å². The minimum absolute atomic E-state index is 0.445. The van der Waals surface area contributed by atoms with E-state index in [0.717, 1.165) is 55.9 Å². The summed E-state index contributed by atoms with van der Waals surface area (Å²) in [6, 6.07) is 10.6. The first-order chi connectivity index (χ1) is 14.7. The minimum Gasteiger partial charge on any atom is -0.384 e. The summed E-state index contributed by atoms with van der Waals surface area (Å²) in [5.41, 5.74) is 12.0. The van der Waals surface area contributed by atoms with Crippen molar-refractivity contribution < 1.29 is 0 Å². The summed E-state index contributed by atoms with van der Waals surface area (Å²) in [6.07, 6.45) is 4.67. The molecular weight excluding hydrogens is 378 g/mol. The lowest BCUT2D eigenvalue weighted by Gasteiger charge is -2.27. The minimum atomic E-state index is 0.445. The van der Waals surface area contributed by atoms with Crippen LogP contribution in [-0.2, 0) is 19.5 Å². The summed E-state index contributed by atoms with van der Waals surface area (Å²) in [6.45, 7) is 6.09. The maximum Gasteiger partial charge on any atom is 0.203 e. The van der Waals surface area contributed by atoms with Gasteiger partial charge >= 0.3 is 0 Å². The van der Waals surface area contributed by atoms with Gasteiger partial charge in [-0.15, -0.1) is 5.10 Å². The topological polar surface area (TPSA) is 114 Å². The quantitative estimate of drug-likeness (QED) is 0.443. The third-order valence-electron chi connectivity index (χ3n) is 5.44. The van der Waals surface area contributed by atoms with Crippen LogP contribution in [0.3, 0.4) is 0 Å². The highest BCUT2D eigenvalue weighted by atomic mass is 15.3. The molecule has 0 unspecified atom stereocenters. The number of hydrogen-bond acceptors (Lipinski definition) is 7. The molecule has 9 nitrogen and oxygen atoms in total. The predicted molar refractivity (Wildman–Crippen MR) is 115 cm³/mol. The molecule has 5 rings (SSSR count). The Bertz CT molecular complexity index is 1140. The monoisotopic (exact) mass is 403 g/mol. The number of piperazine rings is 1. The van der Waals surface area contributed by atoms with E-state index in [9.17, 15) is 0 Å². The van der Waals surface area contributed by atoms with Crippen molar-refractivity contribution >= 4 is 17.0 Å². The number of nitrogens with two attached hydrogens (primary N) is 1. The largest absolute Gasteiger partial charge is 0.384 e. The van der Waals surface area contributed by atoms with Crippen LogP contribution >= 0.6 is 0 Å². The molecule has 0 aliphatic carbocycles. The van der Waals surface area contributed by atoms with Crippen LogP contribution in [0.2, 0.25) is 0 Å². The van der Waals surface area contributed by atoms with Crippen molar-refractivity contribution in [3.63, 3.8) is 0 Å². The van der Waals surface area contributed by atoms with Crippen LogP contribution in [-0.4, -0.2) is 61.3 Å². The number of rotatable bonds is 6. The fourth-order valence-electron chi connectivity index (χ4n) is 4.01. The number of pyridine rings is 1. The molecule has 1 fully saturated rings. The third kappa shape index (κ3) is 4.17. The van der Waals surface area contributed by atoms with Crippen LogP contribution in [0.5, 0.6) is 0 Å². The van der Waals surface area contributed by atoms with Crippen molar-refractivity contribution in [3.05, 3.63) is 65.0 Å². The molecule has 0 radical (unpaired) electrons. The summed E-state index contributed by atoms with van der Waals surface area (Å²) >= 11 is 0. The standard InChI is InChI=1S/C21H25N9/c22-19-10-18(20-21(25-19)27-28-26-20)9-17-11-24-30(14-17)13-16-3-1-2-15(8-16)12-29-6-4-23-5-7-29/h1-3,8,10-11,14,23H,4-7,9,12-13H2,(H3,22,25,26,27,28). The Kier molecular flexibility index (Phi) is 5.12. The van der Waals surface area contributed by atoms with Crippen LogP contribution < -0.4 is 11.1 Å². The smallest absolute Gasteiger partial charge is 0.203 e. The first kappa shape index (κ1) is 18.7. The average molecular weight is 403 g/mol. The van der Waals surface area contributed by atoms with Gasteiger partial charge in [0.25, 0.3) is 0 Å². The lowest BCUT2D eigenvalue weighted by molar-refractivity contribution is 0.233. The van der Waals surface area contributed by atoms with Crippen LogP contribution in [0.15, 0.2) is 42.7 Å². The summed E-state index contributed by atoms with van der Waals surface area (Å²) in [5, 5.41) is 18.7. The molecule has 1 saturated heterocycles. The molecule has 4 aromatic rings. The van der Waals surface area contributed by atoms with E-state index >= 15 is 0 Å². The highest BCUT2D eigenvalue weighted by molar-refractivity contribution is 5.76. The number of aromatic amines is 1. The molecule has 0 atom stereocenters. The number of hydrogen-bond donors (Lipinski definition) is 3. The van der Waals surface area contributed by atoms with E-state index in [-0.39, 0.29) is 0 Å². The number of H-pyrrole nitrogens is 1. The van der Waals surface area contributed by atoms with Crippen molar-refractivity contribution in [3.8, 4) is 0 Å². The van der Waals surface area contributed by atoms with Gasteiger partial charge < -0.3 is 11.1 Å². The zero-order chi connectivity index (χ0) is 20.3. The lowest BCUT2D eigenvalue weighted by Crippen LogP contribution is -2.42. The van der Waals surface area contributed by atoms with Gasteiger partial charge in [-0.2, -0.15) is 5.10 Å². The van der Waals surface area contributed by atoms with Crippen molar-refractivity contribution in [1.82, 2.24) is 40.4 Å². The van der Waals surface area contributed by atoms with E-state index in [4.69, 9.17) is 5.73 Å². The number of nitrogens with zero attached hydrogens (tertiary/aromatic N) is 6. The molecule has 154 valence electrons. The van der Waals surface area contributed by atoms with Gasteiger partial charge in [-0.1, -0.05) is 29.5 Å². The molecule has 4 N–H and O–H groups in total. The number of aromatic nitrogens is 6. The van der Waals surface area contributed by atoms with Gasteiger partial charge in [-0.3, -0.25) is 14.7 Å². The van der Waals surface area contributed by atoms with Gasteiger partial charge in [0.05, 0.1) is 12.7 Å². The van der Waals surface area contributed by atoms with Crippen molar-refractivity contribution in [2.45, 2.75) is 19.5 Å². The molecule has 1 aromatic carbocycles. The van der Waals surface area contributed by atoms with Gasteiger partial charge in [0.2, 0.25) is 5.65 Å². The molecule has 0 amide bonds. The normalized spacial score (nSPS) is 15.1. The molecule has 0 spiro atoms. The Hall–Kier alpha value is -3.30. The van der Waals surface area contributed by atoms with Crippen LogP contribution in [0.4, 0.5) is 5.82 Å². The molecule has 4 heterocycles. The number of anilines is 1. The highest BCUT2D eigenvalue weighted by Gasteiger charge is 2.11. The van der Waals surface area contributed by atoms with Crippen molar-refractivity contribution in [2.24, 2.45) is 0 Å². The Labute approximate surface area is 174 Å². The summed E-state index contributed by atoms with van der Waals surface area (Å²) in [4.78, 5) is 6.69. The van der Waals surface area contributed by atoms with Gasteiger partial charge in [0, 0.05) is 45.3 Å². The maximum absolute atomic E-state index is 5.91. The molecular formula is C21H25N9. The van der Waals surface area contributed by atoms with E-state index in [2.05, 4.69) is 66.2 Å². The van der Waals surface area contributed by atoms with Crippen LogP contribution in [0.25, 0.3) is 11.2 Å². The van der Waals surface area contributed by atoms with Crippen LogP contribution in [0, 0.1) is 0 Å². The Morgan fingerprint density at radius 2 is 1.87 bits per heavy atom. The van der Waals surface area contributed by atoms with E-state index in [1.165, 1.54) is 11.1 Å². The zero-order valence-electron chi connectivity index (χ0n) is 16.8. The first-order valence-corrected chi connectivity index (χ1v) is 10.2. The molecule has 1 aliphatic heterocycles. The van der Waals surface area contributed by atoms with Gasteiger partial charge in [0.1, 0.15) is 11.3 Å². The number of benzene rings is 1. The molecule has 1 aliphatic rings. The van der Waals surface area contributed by atoms with E-state index in [0.29, 0.717) is 17.9 Å². The van der Waals surface area contributed by atoms with Gasteiger partial charge in [0.15, 0.2) is 0 Å². The average Bonchev–Trinajstić information content (AvgIpc) is 3.38. The Balaban J connectivity index is 1.28. The van der Waals surface area contributed by atoms with Gasteiger partial charge in [-0.05, 0) is 28.3 Å². The lowest BCUT2D eigenvalue weighted by atomic mass is 10.1. The first-order valence-electron chi connectivity index (χ1n) is 10.2. The molecule has 3 aromatic heterocycles. The number of nitrogens with one attached hydrogen (secondary N) is 2. The molecule has 0 bridgehead atoms. The Morgan fingerprint density at radius 1 is 1.03 bits per heavy atom. The van der Waals surface area contributed by atoms with Gasteiger partial charge in [-0.25, -0.2) is 4.98 Å². The number of fused-ring (bicyclic) bond motifs is 1. The SMILES string of the molecule is Nc1cc(Cc2cnn(Cc3cccc(CN4CCNCC4)c3)c2)c2[nH]nnc2n1. The van der Waals surface area contributed by atoms with E-state index in [1.807, 2.05) is 16.9 Å². The third-order valence-corrected chi connectivity index (χ3v) is 5.44. The maximum atomic E-state index is 5.91. The van der Waals surface area contributed by atoms with Crippen molar-refractivity contribution in [2.75, 3.05) is 31.9 Å². The number of nitrogen functional groups attached to an aromatic ring is 1.